The molecule has 1 aliphatic heterocycles. The zero-order valence-electron chi connectivity index (χ0n) is 10.5. The van der Waals surface area contributed by atoms with Gasteiger partial charge in [-0.05, 0) is 24.7 Å². The summed E-state index contributed by atoms with van der Waals surface area (Å²) in [7, 11) is 0. The van der Waals surface area contributed by atoms with E-state index in [2.05, 4.69) is 13.8 Å². The third kappa shape index (κ3) is 2.28. The Bertz CT molecular complexity index is 384. The summed E-state index contributed by atoms with van der Waals surface area (Å²) in [5, 5.41) is 0.176. The Morgan fingerprint density at radius 2 is 2.29 bits per heavy atom. The van der Waals surface area contributed by atoms with Crippen LogP contribution in [0.5, 0.6) is 0 Å². The van der Waals surface area contributed by atoms with E-state index < -0.39 is 0 Å². The fourth-order valence-corrected chi connectivity index (χ4v) is 3.35. The summed E-state index contributed by atoms with van der Waals surface area (Å²) in [6.45, 7) is 6.35. The van der Waals surface area contributed by atoms with Crippen molar-refractivity contribution in [2.45, 2.75) is 27.2 Å². The molecular formula is C13H18O3S. The van der Waals surface area contributed by atoms with Crippen molar-refractivity contribution in [1.29, 1.82) is 0 Å². The van der Waals surface area contributed by atoms with Gasteiger partial charge < -0.3 is 4.74 Å². The molecule has 2 aliphatic rings. The predicted molar refractivity (Wildman–Crippen MR) is 67.6 cm³/mol. The highest BCUT2D eigenvalue weighted by Gasteiger charge is 2.61. The summed E-state index contributed by atoms with van der Waals surface area (Å²) >= 11 is 1.37. The smallest absolute Gasteiger partial charge is 0.310 e. The Morgan fingerprint density at radius 1 is 1.59 bits per heavy atom. The second kappa shape index (κ2) is 4.48. The van der Waals surface area contributed by atoms with Gasteiger partial charge in [0.2, 0.25) is 5.12 Å². The van der Waals surface area contributed by atoms with Crippen molar-refractivity contribution in [2.75, 3.05) is 12.4 Å². The van der Waals surface area contributed by atoms with Crippen LogP contribution < -0.4 is 0 Å². The van der Waals surface area contributed by atoms with Crippen molar-refractivity contribution >= 4 is 22.8 Å². The van der Waals surface area contributed by atoms with Gasteiger partial charge in [-0.3, -0.25) is 9.59 Å². The minimum atomic E-state index is -0.127. The van der Waals surface area contributed by atoms with Crippen LogP contribution in [0, 0.1) is 17.3 Å². The fourth-order valence-electron chi connectivity index (χ4n) is 2.49. The molecule has 1 saturated carbocycles. The van der Waals surface area contributed by atoms with E-state index in [1.807, 2.05) is 13.0 Å². The number of carbonyl (C=O) groups is 2. The number of hydrogen-bond acceptors (Lipinski definition) is 4. The van der Waals surface area contributed by atoms with Crippen molar-refractivity contribution in [3.63, 3.8) is 0 Å². The first-order chi connectivity index (χ1) is 7.98. The van der Waals surface area contributed by atoms with Crippen LogP contribution in [0.1, 0.15) is 27.2 Å². The van der Waals surface area contributed by atoms with Crippen molar-refractivity contribution in [2.24, 2.45) is 17.3 Å². The maximum absolute atomic E-state index is 11.7. The summed E-state index contributed by atoms with van der Waals surface area (Å²) in [4.78, 5) is 23.3. The van der Waals surface area contributed by atoms with Crippen molar-refractivity contribution in [3.05, 3.63) is 11.6 Å². The summed E-state index contributed by atoms with van der Waals surface area (Å²) < 4.78 is 5.06. The molecule has 4 heteroatoms. The topological polar surface area (TPSA) is 43.4 Å². The minimum absolute atomic E-state index is 0.0627. The highest BCUT2D eigenvalue weighted by atomic mass is 32.2. The van der Waals surface area contributed by atoms with Gasteiger partial charge in [-0.25, -0.2) is 0 Å². The molecule has 1 saturated heterocycles. The Kier molecular flexibility index (Phi) is 3.34. The molecule has 94 valence electrons. The zero-order valence-corrected chi connectivity index (χ0v) is 11.3. The first kappa shape index (κ1) is 12.7. The molecule has 1 heterocycles. The summed E-state index contributed by atoms with van der Waals surface area (Å²) in [6, 6.07) is 0. The van der Waals surface area contributed by atoms with Gasteiger partial charge in [-0.15, -0.1) is 0 Å². The maximum atomic E-state index is 11.7. The molecule has 2 atom stereocenters. The number of carbonyl (C=O) groups excluding carboxylic acids is 2. The van der Waals surface area contributed by atoms with E-state index in [1.54, 1.807) is 0 Å². The second-order valence-corrected chi connectivity index (χ2v) is 6.22. The van der Waals surface area contributed by atoms with Crippen LogP contribution in [0.2, 0.25) is 0 Å². The lowest BCUT2D eigenvalue weighted by atomic mass is 10.1. The van der Waals surface area contributed by atoms with E-state index in [1.165, 1.54) is 11.8 Å². The van der Waals surface area contributed by atoms with Crippen LogP contribution in [0.15, 0.2) is 11.6 Å². The number of allylic oxidation sites excluding steroid dienone is 1. The van der Waals surface area contributed by atoms with Gasteiger partial charge in [-0.1, -0.05) is 31.7 Å². The van der Waals surface area contributed by atoms with Gasteiger partial charge in [-0.2, -0.15) is 0 Å². The number of hydrogen-bond donors (Lipinski definition) is 0. The SMILES string of the molecule is CCOC(=O)[C@@H]1[C@H](C=C2CCSC2=O)C1(C)C. The average Bonchev–Trinajstić information content (AvgIpc) is 2.56. The van der Waals surface area contributed by atoms with Crippen molar-refractivity contribution < 1.29 is 14.3 Å². The summed E-state index contributed by atoms with van der Waals surface area (Å²) in [5.74, 6) is 0.840. The molecular weight excluding hydrogens is 236 g/mol. The van der Waals surface area contributed by atoms with Gasteiger partial charge in [0.1, 0.15) is 0 Å². The molecule has 0 unspecified atom stereocenters. The second-order valence-electron chi connectivity index (χ2n) is 5.15. The molecule has 2 rings (SSSR count). The van der Waals surface area contributed by atoms with Crippen LogP contribution in [0.3, 0.4) is 0 Å². The first-order valence-electron chi connectivity index (χ1n) is 6.03. The van der Waals surface area contributed by atoms with E-state index in [0.29, 0.717) is 6.61 Å². The first-order valence-corrected chi connectivity index (χ1v) is 7.01. The van der Waals surface area contributed by atoms with E-state index in [4.69, 9.17) is 4.74 Å². The van der Waals surface area contributed by atoms with E-state index >= 15 is 0 Å². The van der Waals surface area contributed by atoms with Crippen LogP contribution in [-0.2, 0) is 14.3 Å². The lowest BCUT2D eigenvalue weighted by Gasteiger charge is -2.01. The normalized spacial score (nSPS) is 32.9. The summed E-state index contributed by atoms with van der Waals surface area (Å²) in [6.07, 6.45) is 2.84. The van der Waals surface area contributed by atoms with Crippen LogP contribution in [0.25, 0.3) is 0 Å². The van der Waals surface area contributed by atoms with Crippen LogP contribution in [-0.4, -0.2) is 23.4 Å². The van der Waals surface area contributed by atoms with Crippen LogP contribution in [0.4, 0.5) is 0 Å². The largest absolute Gasteiger partial charge is 0.466 e. The minimum Gasteiger partial charge on any atom is -0.466 e. The molecule has 0 bridgehead atoms. The molecule has 3 nitrogen and oxygen atoms in total. The Labute approximate surface area is 106 Å². The molecule has 0 spiro atoms. The number of ether oxygens (including phenoxy) is 1. The lowest BCUT2D eigenvalue weighted by Crippen LogP contribution is -2.10. The van der Waals surface area contributed by atoms with Gasteiger partial charge >= 0.3 is 5.97 Å². The molecule has 2 fully saturated rings. The molecule has 0 aromatic heterocycles. The third-order valence-corrected chi connectivity index (χ3v) is 4.63. The number of esters is 1. The Balaban J connectivity index is 2.08. The molecule has 0 aromatic carbocycles. The van der Waals surface area contributed by atoms with E-state index in [9.17, 15) is 9.59 Å². The molecule has 0 amide bonds. The van der Waals surface area contributed by atoms with E-state index in [-0.39, 0.29) is 28.3 Å². The molecule has 0 N–H and O–H groups in total. The Hall–Kier alpha value is -0.770. The molecule has 0 radical (unpaired) electrons. The van der Waals surface area contributed by atoms with E-state index in [0.717, 1.165) is 17.7 Å². The van der Waals surface area contributed by atoms with Crippen molar-refractivity contribution in [1.82, 2.24) is 0 Å². The molecule has 17 heavy (non-hydrogen) atoms. The summed E-state index contributed by atoms with van der Waals surface area (Å²) in [5.41, 5.74) is 0.826. The standard InChI is InChI=1S/C13H18O3S/c1-4-16-11(14)10-9(13(10,2)3)7-8-5-6-17-12(8)15/h7,9-10H,4-6H2,1-3H3/t9-,10-/m0/s1. The highest BCUT2D eigenvalue weighted by Crippen LogP contribution is 2.60. The predicted octanol–water partition coefficient (Wildman–Crippen LogP) is 2.41. The van der Waals surface area contributed by atoms with Gasteiger partial charge in [0.25, 0.3) is 0 Å². The number of thioether (sulfide) groups is 1. The average molecular weight is 254 g/mol. The van der Waals surface area contributed by atoms with Gasteiger partial charge in [0, 0.05) is 11.3 Å². The fraction of sp³-hybridized carbons (Fsp3) is 0.692. The molecule has 1 aliphatic carbocycles. The van der Waals surface area contributed by atoms with Crippen LogP contribution >= 0.6 is 11.8 Å². The maximum Gasteiger partial charge on any atom is 0.310 e. The van der Waals surface area contributed by atoms with Gasteiger partial charge in [0.15, 0.2) is 0 Å². The Morgan fingerprint density at radius 3 is 2.82 bits per heavy atom. The third-order valence-electron chi connectivity index (χ3n) is 3.70. The quantitative estimate of drug-likeness (QED) is 0.573. The highest BCUT2D eigenvalue weighted by molar-refractivity contribution is 8.14. The monoisotopic (exact) mass is 254 g/mol. The van der Waals surface area contributed by atoms with Crippen molar-refractivity contribution in [3.8, 4) is 0 Å². The van der Waals surface area contributed by atoms with Gasteiger partial charge in [0.05, 0.1) is 12.5 Å². The zero-order chi connectivity index (χ0) is 12.6. The molecule has 0 aromatic rings. The lowest BCUT2D eigenvalue weighted by molar-refractivity contribution is -0.145. The number of rotatable bonds is 3.